The monoisotopic (exact) mass is 250 g/mol. The number of piperidine rings is 1. The summed E-state index contributed by atoms with van der Waals surface area (Å²) in [5.41, 5.74) is 7.54. The predicted molar refractivity (Wildman–Crippen MR) is 71.5 cm³/mol. The number of methoxy groups -OCH3 is 1. The Balaban J connectivity index is 2.18. The first-order chi connectivity index (χ1) is 8.63. The van der Waals surface area contributed by atoms with Crippen molar-refractivity contribution in [3.05, 3.63) is 17.5 Å². The number of hydrogen-bond donors (Lipinski definition) is 1. The number of ether oxygens (including phenoxy) is 1. The molecule has 5 nitrogen and oxygen atoms in total. The third-order valence-corrected chi connectivity index (χ3v) is 3.52. The molecule has 2 heterocycles. The van der Waals surface area contributed by atoms with Crippen molar-refractivity contribution in [1.29, 1.82) is 0 Å². The average Bonchev–Trinajstić information content (AvgIpc) is 2.37. The van der Waals surface area contributed by atoms with E-state index in [1.165, 1.54) is 0 Å². The van der Waals surface area contributed by atoms with Crippen molar-refractivity contribution in [3.8, 4) is 0 Å². The number of aromatic nitrogens is 2. The van der Waals surface area contributed by atoms with Crippen molar-refractivity contribution in [2.24, 2.45) is 5.73 Å². The number of nitrogens with two attached hydrogens (primary N) is 1. The molecule has 0 bridgehead atoms. The van der Waals surface area contributed by atoms with Crippen LogP contribution in [-0.4, -0.2) is 35.8 Å². The summed E-state index contributed by atoms with van der Waals surface area (Å²) >= 11 is 0. The molecule has 2 N–H and O–H groups in total. The van der Waals surface area contributed by atoms with Crippen LogP contribution in [0.25, 0.3) is 0 Å². The zero-order valence-corrected chi connectivity index (χ0v) is 11.4. The van der Waals surface area contributed by atoms with E-state index in [4.69, 9.17) is 10.5 Å². The fourth-order valence-corrected chi connectivity index (χ4v) is 2.49. The first kappa shape index (κ1) is 13.2. The zero-order chi connectivity index (χ0) is 13.1. The van der Waals surface area contributed by atoms with Gasteiger partial charge in [-0.2, -0.15) is 0 Å². The van der Waals surface area contributed by atoms with Crippen molar-refractivity contribution in [3.63, 3.8) is 0 Å². The van der Waals surface area contributed by atoms with Crippen molar-refractivity contribution < 1.29 is 4.74 Å². The lowest BCUT2D eigenvalue weighted by molar-refractivity contribution is 0.0717. The maximum Gasteiger partial charge on any atom is 0.226 e. The van der Waals surface area contributed by atoms with Gasteiger partial charge in [0.1, 0.15) is 0 Å². The van der Waals surface area contributed by atoms with E-state index >= 15 is 0 Å². The van der Waals surface area contributed by atoms with Crippen LogP contribution in [0.1, 0.15) is 31.2 Å². The summed E-state index contributed by atoms with van der Waals surface area (Å²) < 4.78 is 5.43. The Bertz CT molecular complexity index is 410. The van der Waals surface area contributed by atoms with Crippen molar-refractivity contribution in [2.75, 3.05) is 18.6 Å². The molecule has 1 aromatic rings. The number of aryl methyl sites for hydroxylation is 1. The van der Waals surface area contributed by atoms with E-state index in [0.29, 0.717) is 18.7 Å². The van der Waals surface area contributed by atoms with E-state index in [2.05, 4.69) is 21.8 Å². The van der Waals surface area contributed by atoms with Gasteiger partial charge in [-0.05, 0) is 32.8 Å². The topological polar surface area (TPSA) is 64.3 Å². The lowest BCUT2D eigenvalue weighted by atomic mass is 10.0. The van der Waals surface area contributed by atoms with Crippen LogP contribution < -0.4 is 10.6 Å². The van der Waals surface area contributed by atoms with Gasteiger partial charge >= 0.3 is 0 Å². The van der Waals surface area contributed by atoms with Gasteiger partial charge in [-0.1, -0.05) is 0 Å². The third-order valence-electron chi connectivity index (χ3n) is 3.52. The molecule has 1 fully saturated rings. The SMILES string of the molecule is COC1CCN(c2nc(C)cc(CN)n2)C(C)C1. The largest absolute Gasteiger partial charge is 0.381 e. The Hall–Kier alpha value is -1.20. The number of nitrogens with zero attached hydrogens (tertiary/aromatic N) is 3. The van der Waals surface area contributed by atoms with E-state index in [1.54, 1.807) is 7.11 Å². The summed E-state index contributed by atoms with van der Waals surface area (Å²) in [6.45, 7) is 5.57. The number of rotatable bonds is 3. The van der Waals surface area contributed by atoms with Gasteiger partial charge in [-0.15, -0.1) is 0 Å². The van der Waals surface area contributed by atoms with Gasteiger partial charge in [0.25, 0.3) is 0 Å². The molecule has 1 aliphatic rings. The summed E-state index contributed by atoms with van der Waals surface area (Å²) in [6, 6.07) is 2.34. The highest BCUT2D eigenvalue weighted by Gasteiger charge is 2.27. The van der Waals surface area contributed by atoms with Crippen LogP contribution >= 0.6 is 0 Å². The quantitative estimate of drug-likeness (QED) is 0.874. The summed E-state index contributed by atoms with van der Waals surface area (Å²) in [7, 11) is 1.78. The highest BCUT2D eigenvalue weighted by Crippen LogP contribution is 2.23. The molecule has 100 valence electrons. The third kappa shape index (κ3) is 2.79. The molecular formula is C13H22N4O. The molecule has 0 aliphatic carbocycles. The average molecular weight is 250 g/mol. The fraction of sp³-hybridized carbons (Fsp3) is 0.692. The molecule has 0 spiro atoms. The van der Waals surface area contributed by atoms with E-state index in [1.807, 2.05) is 13.0 Å². The van der Waals surface area contributed by atoms with Gasteiger partial charge in [0, 0.05) is 31.9 Å². The van der Waals surface area contributed by atoms with Crippen molar-refractivity contribution in [1.82, 2.24) is 9.97 Å². The Morgan fingerprint density at radius 1 is 1.50 bits per heavy atom. The molecule has 18 heavy (non-hydrogen) atoms. The van der Waals surface area contributed by atoms with E-state index < -0.39 is 0 Å². The van der Waals surface area contributed by atoms with Crippen LogP contribution in [0.5, 0.6) is 0 Å². The molecule has 1 aliphatic heterocycles. The molecule has 5 heteroatoms. The van der Waals surface area contributed by atoms with Crippen molar-refractivity contribution >= 4 is 5.95 Å². The summed E-state index contributed by atoms with van der Waals surface area (Å²) in [4.78, 5) is 11.3. The summed E-state index contributed by atoms with van der Waals surface area (Å²) in [5, 5.41) is 0. The van der Waals surface area contributed by atoms with Crippen LogP contribution in [-0.2, 0) is 11.3 Å². The molecule has 2 unspecified atom stereocenters. The minimum atomic E-state index is 0.357. The highest BCUT2D eigenvalue weighted by molar-refractivity contribution is 5.34. The normalized spacial score (nSPS) is 24.3. The van der Waals surface area contributed by atoms with Crippen molar-refractivity contribution in [2.45, 2.75) is 45.4 Å². The smallest absolute Gasteiger partial charge is 0.226 e. The van der Waals surface area contributed by atoms with E-state index in [0.717, 1.165) is 36.7 Å². The maximum atomic E-state index is 5.67. The van der Waals surface area contributed by atoms with Crippen LogP contribution in [0.4, 0.5) is 5.95 Å². The summed E-state index contributed by atoms with van der Waals surface area (Å²) in [6.07, 6.45) is 2.40. The fourth-order valence-electron chi connectivity index (χ4n) is 2.49. The van der Waals surface area contributed by atoms with E-state index in [9.17, 15) is 0 Å². The Labute approximate surface area is 108 Å². The molecule has 0 aromatic carbocycles. The van der Waals surface area contributed by atoms with Gasteiger partial charge in [0.15, 0.2) is 0 Å². The minimum absolute atomic E-state index is 0.357. The Kier molecular flexibility index (Phi) is 4.14. The molecule has 0 saturated carbocycles. The lowest BCUT2D eigenvalue weighted by Crippen LogP contribution is -2.44. The molecule has 1 aromatic heterocycles. The zero-order valence-electron chi connectivity index (χ0n) is 11.4. The molecule has 2 rings (SSSR count). The number of anilines is 1. The van der Waals surface area contributed by atoms with Gasteiger partial charge < -0.3 is 15.4 Å². The van der Waals surface area contributed by atoms with Crippen LogP contribution in [0.3, 0.4) is 0 Å². The second-order valence-corrected chi connectivity index (χ2v) is 4.93. The Morgan fingerprint density at radius 3 is 2.89 bits per heavy atom. The van der Waals surface area contributed by atoms with Gasteiger partial charge in [0.05, 0.1) is 11.8 Å². The van der Waals surface area contributed by atoms with Crippen LogP contribution in [0.15, 0.2) is 6.07 Å². The predicted octanol–water partition coefficient (Wildman–Crippen LogP) is 1.25. The van der Waals surface area contributed by atoms with Gasteiger partial charge in [-0.25, -0.2) is 9.97 Å². The molecule has 0 amide bonds. The van der Waals surface area contributed by atoms with Gasteiger partial charge in [-0.3, -0.25) is 0 Å². The molecule has 2 atom stereocenters. The maximum absolute atomic E-state index is 5.67. The lowest BCUT2D eigenvalue weighted by Gasteiger charge is -2.37. The number of hydrogen-bond acceptors (Lipinski definition) is 5. The molecular weight excluding hydrogens is 228 g/mol. The molecule has 1 saturated heterocycles. The van der Waals surface area contributed by atoms with Gasteiger partial charge in [0.2, 0.25) is 5.95 Å². The second-order valence-electron chi connectivity index (χ2n) is 4.93. The highest BCUT2D eigenvalue weighted by atomic mass is 16.5. The molecule has 0 radical (unpaired) electrons. The first-order valence-electron chi connectivity index (χ1n) is 6.48. The second kappa shape index (κ2) is 5.63. The summed E-state index contributed by atoms with van der Waals surface area (Å²) in [5.74, 6) is 0.803. The van der Waals surface area contributed by atoms with Crippen LogP contribution in [0.2, 0.25) is 0 Å². The van der Waals surface area contributed by atoms with E-state index in [-0.39, 0.29) is 0 Å². The van der Waals surface area contributed by atoms with Crippen LogP contribution in [0, 0.1) is 6.92 Å². The minimum Gasteiger partial charge on any atom is -0.381 e. The first-order valence-corrected chi connectivity index (χ1v) is 6.48. The standard InChI is InChI=1S/C13H22N4O/c1-9-6-11(8-14)16-13(15-9)17-5-4-12(18-3)7-10(17)2/h6,10,12H,4-5,7-8,14H2,1-3H3. The Morgan fingerprint density at radius 2 is 2.28 bits per heavy atom.